The predicted octanol–water partition coefficient (Wildman–Crippen LogP) is 2.55. The van der Waals surface area contributed by atoms with Gasteiger partial charge >= 0.3 is 0 Å². The van der Waals surface area contributed by atoms with Crippen molar-refractivity contribution in [2.24, 2.45) is 0 Å². The third kappa shape index (κ3) is 3.54. The molecular formula is C15H15FN2O2. The normalized spacial score (nSPS) is 10.1. The van der Waals surface area contributed by atoms with E-state index in [9.17, 15) is 9.18 Å². The van der Waals surface area contributed by atoms with Crippen LogP contribution in [0.25, 0.3) is 0 Å². The number of benzene rings is 1. The molecule has 0 unspecified atom stereocenters. The molecule has 0 saturated carbocycles. The van der Waals surface area contributed by atoms with Gasteiger partial charge in [-0.1, -0.05) is 12.1 Å². The summed E-state index contributed by atoms with van der Waals surface area (Å²) in [6.45, 7) is 2.79. The summed E-state index contributed by atoms with van der Waals surface area (Å²) in [4.78, 5) is 15.4. The van der Waals surface area contributed by atoms with E-state index in [2.05, 4.69) is 10.3 Å². The lowest BCUT2D eigenvalue weighted by Crippen LogP contribution is -2.23. The van der Waals surface area contributed by atoms with Gasteiger partial charge in [-0.25, -0.2) is 4.39 Å². The maximum absolute atomic E-state index is 13.4. The fourth-order valence-corrected chi connectivity index (χ4v) is 1.75. The molecule has 0 aliphatic heterocycles. The Labute approximate surface area is 116 Å². The second-order valence-corrected chi connectivity index (χ2v) is 4.12. The molecule has 0 saturated heterocycles. The highest BCUT2D eigenvalue weighted by atomic mass is 19.1. The zero-order valence-corrected chi connectivity index (χ0v) is 11.1. The lowest BCUT2D eigenvalue weighted by molar-refractivity contribution is 0.0946. The second-order valence-electron chi connectivity index (χ2n) is 4.12. The first-order valence-corrected chi connectivity index (χ1v) is 6.30. The molecule has 1 aromatic heterocycles. The number of hydrogen-bond acceptors (Lipinski definition) is 3. The van der Waals surface area contributed by atoms with Crippen LogP contribution in [0.15, 0.2) is 42.7 Å². The molecule has 5 heteroatoms. The zero-order chi connectivity index (χ0) is 14.4. The number of ether oxygens (including phenoxy) is 1. The van der Waals surface area contributed by atoms with Crippen LogP contribution in [0.3, 0.4) is 0 Å². The highest BCUT2D eigenvalue weighted by Crippen LogP contribution is 2.13. The smallest absolute Gasteiger partial charge is 0.254 e. The molecule has 1 aromatic carbocycles. The van der Waals surface area contributed by atoms with Crippen LogP contribution in [0, 0.1) is 5.82 Å². The summed E-state index contributed by atoms with van der Waals surface area (Å²) in [7, 11) is 0. The zero-order valence-electron chi connectivity index (χ0n) is 11.1. The van der Waals surface area contributed by atoms with Gasteiger partial charge in [-0.15, -0.1) is 0 Å². The number of halogens is 1. The van der Waals surface area contributed by atoms with Crippen LogP contribution in [0.5, 0.6) is 5.75 Å². The van der Waals surface area contributed by atoms with E-state index in [1.54, 1.807) is 0 Å². The van der Waals surface area contributed by atoms with Crippen LogP contribution in [0.1, 0.15) is 22.8 Å². The lowest BCUT2D eigenvalue weighted by Gasteiger charge is -2.08. The molecule has 2 aromatic rings. The highest BCUT2D eigenvalue weighted by molar-refractivity contribution is 5.94. The molecule has 104 valence electrons. The summed E-state index contributed by atoms with van der Waals surface area (Å²) >= 11 is 0. The van der Waals surface area contributed by atoms with Crippen molar-refractivity contribution in [3.8, 4) is 5.75 Å². The minimum atomic E-state index is -0.631. The molecular weight excluding hydrogens is 259 g/mol. The molecule has 0 aliphatic rings. The van der Waals surface area contributed by atoms with Gasteiger partial charge in [-0.3, -0.25) is 9.78 Å². The summed E-state index contributed by atoms with van der Waals surface area (Å²) in [5.74, 6) is -0.353. The standard InChI is InChI=1S/C15H15FN2O2/c1-2-20-12-5-3-4-11(8-12)9-18-15(19)13-6-7-17-10-14(13)16/h3-8,10H,2,9H2,1H3,(H,18,19). The first-order valence-electron chi connectivity index (χ1n) is 6.30. The van der Waals surface area contributed by atoms with Crippen molar-refractivity contribution >= 4 is 5.91 Å². The van der Waals surface area contributed by atoms with E-state index in [0.29, 0.717) is 13.2 Å². The molecule has 1 amide bonds. The first kappa shape index (κ1) is 14.0. The topological polar surface area (TPSA) is 51.2 Å². The molecule has 4 nitrogen and oxygen atoms in total. The van der Waals surface area contributed by atoms with Gasteiger partial charge in [-0.2, -0.15) is 0 Å². The van der Waals surface area contributed by atoms with E-state index in [0.717, 1.165) is 17.5 Å². The molecule has 1 N–H and O–H groups in total. The summed E-state index contributed by atoms with van der Waals surface area (Å²) in [5.41, 5.74) is 0.875. The quantitative estimate of drug-likeness (QED) is 0.911. The molecule has 0 fully saturated rings. The predicted molar refractivity (Wildman–Crippen MR) is 73.0 cm³/mol. The monoisotopic (exact) mass is 274 g/mol. The Morgan fingerprint density at radius 2 is 2.25 bits per heavy atom. The SMILES string of the molecule is CCOc1cccc(CNC(=O)c2ccncc2F)c1. The van der Waals surface area contributed by atoms with Gasteiger partial charge in [-0.05, 0) is 30.7 Å². The molecule has 0 aliphatic carbocycles. The number of hydrogen-bond donors (Lipinski definition) is 1. The van der Waals surface area contributed by atoms with Crippen LogP contribution in [0.4, 0.5) is 4.39 Å². The number of aromatic nitrogens is 1. The summed E-state index contributed by atoms with van der Waals surface area (Å²) in [5, 5.41) is 2.66. The molecule has 0 bridgehead atoms. The Kier molecular flexibility index (Phi) is 4.65. The van der Waals surface area contributed by atoms with E-state index < -0.39 is 11.7 Å². The Morgan fingerprint density at radius 3 is 3.00 bits per heavy atom. The van der Waals surface area contributed by atoms with Gasteiger partial charge in [0.05, 0.1) is 18.4 Å². The van der Waals surface area contributed by atoms with Gasteiger partial charge in [0.1, 0.15) is 5.75 Å². The number of amides is 1. The van der Waals surface area contributed by atoms with Crippen molar-refractivity contribution in [1.82, 2.24) is 10.3 Å². The van der Waals surface area contributed by atoms with Gasteiger partial charge in [0, 0.05) is 12.7 Å². The van der Waals surface area contributed by atoms with Crippen molar-refractivity contribution < 1.29 is 13.9 Å². The van der Waals surface area contributed by atoms with Crippen LogP contribution in [-0.4, -0.2) is 17.5 Å². The fraction of sp³-hybridized carbons (Fsp3) is 0.200. The number of nitrogens with one attached hydrogen (secondary N) is 1. The Bertz CT molecular complexity index is 602. The van der Waals surface area contributed by atoms with Gasteiger partial charge in [0.25, 0.3) is 5.91 Å². The van der Waals surface area contributed by atoms with Gasteiger partial charge < -0.3 is 10.1 Å². The minimum absolute atomic E-state index is 0.0130. The molecule has 0 spiro atoms. The highest BCUT2D eigenvalue weighted by Gasteiger charge is 2.10. The third-order valence-electron chi connectivity index (χ3n) is 2.68. The maximum Gasteiger partial charge on any atom is 0.254 e. The van der Waals surface area contributed by atoms with E-state index >= 15 is 0 Å². The molecule has 0 radical (unpaired) electrons. The maximum atomic E-state index is 13.4. The molecule has 2 rings (SSSR count). The lowest BCUT2D eigenvalue weighted by atomic mass is 10.2. The minimum Gasteiger partial charge on any atom is -0.494 e. The van der Waals surface area contributed by atoms with Crippen molar-refractivity contribution in [3.63, 3.8) is 0 Å². The Balaban J connectivity index is 2.00. The largest absolute Gasteiger partial charge is 0.494 e. The van der Waals surface area contributed by atoms with E-state index in [1.165, 1.54) is 12.3 Å². The van der Waals surface area contributed by atoms with Gasteiger partial charge in [0.2, 0.25) is 0 Å². The van der Waals surface area contributed by atoms with Crippen molar-refractivity contribution in [2.45, 2.75) is 13.5 Å². The second kappa shape index (κ2) is 6.65. The number of nitrogens with zero attached hydrogens (tertiary/aromatic N) is 1. The summed E-state index contributed by atoms with van der Waals surface area (Å²) in [6, 6.07) is 8.75. The van der Waals surface area contributed by atoms with E-state index in [1.807, 2.05) is 31.2 Å². The first-order chi connectivity index (χ1) is 9.70. The molecule has 0 atom stereocenters. The van der Waals surface area contributed by atoms with Crippen LogP contribution in [0.2, 0.25) is 0 Å². The van der Waals surface area contributed by atoms with Crippen molar-refractivity contribution in [1.29, 1.82) is 0 Å². The number of pyridine rings is 1. The molecule has 20 heavy (non-hydrogen) atoms. The van der Waals surface area contributed by atoms with E-state index in [4.69, 9.17) is 4.74 Å². The van der Waals surface area contributed by atoms with Gasteiger partial charge in [0.15, 0.2) is 5.82 Å². The average Bonchev–Trinajstić information content (AvgIpc) is 2.46. The Hall–Kier alpha value is -2.43. The van der Waals surface area contributed by atoms with E-state index in [-0.39, 0.29) is 5.56 Å². The van der Waals surface area contributed by atoms with Crippen LogP contribution < -0.4 is 10.1 Å². The number of carbonyl (C=O) groups is 1. The van der Waals surface area contributed by atoms with Crippen LogP contribution >= 0.6 is 0 Å². The Morgan fingerprint density at radius 1 is 1.40 bits per heavy atom. The van der Waals surface area contributed by atoms with Crippen LogP contribution in [-0.2, 0) is 6.54 Å². The number of rotatable bonds is 5. The van der Waals surface area contributed by atoms with Crippen molar-refractivity contribution in [3.05, 3.63) is 59.7 Å². The number of carbonyl (C=O) groups excluding carboxylic acids is 1. The summed E-state index contributed by atoms with van der Waals surface area (Å²) in [6.07, 6.45) is 2.40. The third-order valence-corrected chi connectivity index (χ3v) is 2.68. The van der Waals surface area contributed by atoms with Crippen molar-refractivity contribution in [2.75, 3.05) is 6.61 Å². The fourth-order valence-electron chi connectivity index (χ4n) is 1.75. The average molecular weight is 274 g/mol. The molecule has 1 heterocycles. The summed E-state index contributed by atoms with van der Waals surface area (Å²) < 4.78 is 18.8.